The third-order valence-corrected chi connectivity index (χ3v) is 5.74. The molecule has 0 saturated carbocycles. The summed E-state index contributed by atoms with van der Waals surface area (Å²) in [6.45, 7) is 2.20. The summed E-state index contributed by atoms with van der Waals surface area (Å²) in [5, 5.41) is 3.34. The molecule has 0 fully saturated rings. The molecular weight excluding hydrogens is 451 g/mol. The Balaban J connectivity index is 1.45. The molecule has 3 aromatic rings. The van der Waals surface area contributed by atoms with Crippen LogP contribution in [0.4, 0.5) is 0 Å². The first-order valence-electron chi connectivity index (χ1n) is 9.89. The van der Waals surface area contributed by atoms with E-state index in [9.17, 15) is 9.59 Å². The standard InChI is InChI=1S/C23H20Cl2N4O3/c1-13(14-4-3-5-17(8-14)32-2)27-20(30)12-29-11-16-7-6-15(9-18(16)22(29)31)21-19(24)10-26-23(25)28-21/h3-10,13H,11-12H2,1-2H3,(H,27,30)/t13-/m1/s1. The highest BCUT2D eigenvalue weighted by Gasteiger charge is 2.29. The number of methoxy groups -OCH3 is 1. The summed E-state index contributed by atoms with van der Waals surface area (Å²) >= 11 is 12.1. The van der Waals surface area contributed by atoms with Crippen molar-refractivity contribution in [3.8, 4) is 17.0 Å². The molecule has 0 spiro atoms. The summed E-state index contributed by atoms with van der Waals surface area (Å²) in [7, 11) is 1.59. The number of nitrogens with one attached hydrogen (secondary N) is 1. The maximum atomic E-state index is 12.9. The van der Waals surface area contributed by atoms with Gasteiger partial charge in [0.15, 0.2) is 0 Å². The predicted octanol–water partition coefficient (Wildman–Crippen LogP) is 4.29. The summed E-state index contributed by atoms with van der Waals surface area (Å²) in [6, 6.07) is 12.6. The van der Waals surface area contributed by atoms with Gasteiger partial charge in [-0.15, -0.1) is 0 Å². The second-order valence-electron chi connectivity index (χ2n) is 7.43. The van der Waals surface area contributed by atoms with Gasteiger partial charge in [-0.1, -0.05) is 35.9 Å². The van der Waals surface area contributed by atoms with Gasteiger partial charge in [-0.25, -0.2) is 9.97 Å². The first kappa shape index (κ1) is 22.0. The Labute approximate surface area is 195 Å². The maximum Gasteiger partial charge on any atom is 0.254 e. The van der Waals surface area contributed by atoms with Gasteiger partial charge in [0.25, 0.3) is 5.91 Å². The molecule has 2 amide bonds. The van der Waals surface area contributed by atoms with Crippen molar-refractivity contribution in [2.45, 2.75) is 19.5 Å². The first-order chi connectivity index (χ1) is 15.4. The number of fused-ring (bicyclic) bond motifs is 1. The number of benzene rings is 2. The quantitative estimate of drug-likeness (QED) is 0.543. The number of rotatable bonds is 6. The van der Waals surface area contributed by atoms with E-state index in [1.165, 1.54) is 11.1 Å². The molecule has 0 unspecified atom stereocenters. The molecule has 0 aliphatic carbocycles. The Morgan fingerprint density at radius 1 is 1.25 bits per heavy atom. The molecular formula is C23H20Cl2N4O3. The molecule has 164 valence electrons. The van der Waals surface area contributed by atoms with Crippen molar-refractivity contribution in [3.63, 3.8) is 0 Å². The fourth-order valence-electron chi connectivity index (χ4n) is 3.64. The van der Waals surface area contributed by atoms with Crippen LogP contribution in [0.3, 0.4) is 0 Å². The summed E-state index contributed by atoms with van der Waals surface area (Å²) in [5.74, 6) is 0.254. The van der Waals surface area contributed by atoms with Crippen LogP contribution in [0.5, 0.6) is 5.75 Å². The van der Waals surface area contributed by atoms with Crippen LogP contribution in [-0.2, 0) is 11.3 Å². The van der Waals surface area contributed by atoms with Gasteiger partial charge in [0.2, 0.25) is 11.2 Å². The molecule has 9 heteroatoms. The third kappa shape index (κ3) is 4.54. The number of ether oxygens (including phenoxy) is 1. The number of amides is 2. The zero-order chi connectivity index (χ0) is 22.8. The third-order valence-electron chi connectivity index (χ3n) is 5.28. The van der Waals surface area contributed by atoms with Crippen molar-refractivity contribution < 1.29 is 14.3 Å². The van der Waals surface area contributed by atoms with Crippen LogP contribution in [0.15, 0.2) is 48.7 Å². The molecule has 1 aromatic heterocycles. The van der Waals surface area contributed by atoms with Crippen LogP contribution in [0.25, 0.3) is 11.3 Å². The average molecular weight is 471 g/mol. The molecule has 1 N–H and O–H groups in total. The number of halogens is 2. The first-order valence-corrected chi connectivity index (χ1v) is 10.6. The molecule has 0 bridgehead atoms. The van der Waals surface area contributed by atoms with Crippen LogP contribution in [0.1, 0.15) is 34.5 Å². The van der Waals surface area contributed by atoms with Crippen molar-refractivity contribution >= 4 is 35.0 Å². The van der Waals surface area contributed by atoms with E-state index in [2.05, 4.69) is 15.3 Å². The molecule has 1 aliphatic rings. The Morgan fingerprint density at radius 3 is 2.84 bits per heavy atom. The number of hydrogen-bond donors (Lipinski definition) is 1. The SMILES string of the molecule is COc1cccc([C@@H](C)NC(=O)CN2Cc3ccc(-c4nc(Cl)ncc4Cl)cc3C2=O)c1. The molecule has 0 saturated heterocycles. The fourth-order valence-corrected chi connectivity index (χ4v) is 3.97. The van der Waals surface area contributed by atoms with Gasteiger partial charge in [-0.2, -0.15) is 0 Å². The second-order valence-corrected chi connectivity index (χ2v) is 8.18. The molecule has 7 nitrogen and oxygen atoms in total. The molecule has 4 rings (SSSR count). The van der Waals surface area contributed by atoms with E-state index < -0.39 is 0 Å². The summed E-state index contributed by atoms with van der Waals surface area (Å²) in [6.07, 6.45) is 1.42. The normalized spacial score (nSPS) is 13.6. The van der Waals surface area contributed by atoms with Gasteiger partial charge < -0.3 is 15.0 Å². The topological polar surface area (TPSA) is 84.4 Å². The lowest BCUT2D eigenvalue weighted by Crippen LogP contribution is -2.38. The molecule has 1 aliphatic heterocycles. The highest BCUT2D eigenvalue weighted by atomic mass is 35.5. The van der Waals surface area contributed by atoms with Crippen molar-refractivity contribution in [1.29, 1.82) is 0 Å². The minimum Gasteiger partial charge on any atom is -0.497 e. The van der Waals surface area contributed by atoms with Crippen LogP contribution >= 0.6 is 23.2 Å². The lowest BCUT2D eigenvalue weighted by atomic mass is 10.0. The lowest BCUT2D eigenvalue weighted by molar-refractivity contribution is -0.122. The lowest BCUT2D eigenvalue weighted by Gasteiger charge is -2.19. The number of carbonyl (C=O) groups is 2. The molecule has 0 radical (unpaired) electrons. The summed E-state index contributed by atoms with van der Waals surface area (Å²) in [5.41, 5.74) is 3.37. The molecule has 32 heavy (non-hydrogen) atoms. The van der Waals surface area contributed by atoms with Gasteiger partial charge in [-0.05, 0) is 47.9 Å². The average Bonchev–Trinajstić information content (AvgIpc) is 3.09. The maximum absolute atomic E-state index is 12.9. The zero-order valence-corrected chi connectivity index (χ0v) is 18.9. The van der Waals surface area contributed by atoms with E-state index in [0.717, 1.165) is 16.9 Å². The Kier molecular flexibility index (Phi) is 6.30. The van der Waals surface area contributed by atoms with Crippen LogP contribution in [-0.4, -0.2) is 40.3 Å². The van der Waals surface area contributed by atoms with Gasteiger partial charge >= 0.3 is 0 Å². The Morgan fingerprint density at radius 2 is 2.06 bits per heavy atom. The number of carbonyl (C=O) groups excluding carboxylic acids is 2. The van der Waals surface area contributed by atoms with E-state index >= 15 is 0 Å². The fraction of sp³-hybridized carbons (Fsp3) is 0.217. The summed E-state index contributed by atoms with van der Waals surface area (Å²) in [4.78, 5) is 35.1. The van der Waals surface area contributed by atoms with Crippen molar-refractivity contribution in [2.75, 3.05) is 13.7 Å². The van der Waals surface area contributed by atoms with E-state index in [4.69, 9.17) is 27.9 Å². The van der Waals surface area contributed by atoms with Gasteiger partial charge in [0.05, 0.1) is 30.1 Å². The number of nitrogens with zero attached hydrogens (tertiary/aromatic N) is 3. The number of hydrogen-bond acceptors (Lipinski definition) is 5. The zero-order valence-electron chi connectivity index (χ0n) is 17.4. The van der Waals surface area contributed by atoms with Crippen molar-refractivity contribution in [1.82, 2.24) is 20.2 Å². The van der Waals surface area contributed by atoms with E-state index in [-0.39, 0.29) is 29.7 Å². The second kappa shape index (κ2) is 9.14. The highest BCUT2D eigenvalue weighted by molar-refractivity contribution is 6.33. The van der Waals surface area contributed by atoms with Crippen LogP contribution < -0.4 is 10.1 Å². The number of aromatic nitrogens is 2. The predicted molar refractivity (Wildman–Crippen MR) is 122 cm³/mol. The van der Waals surface area contributed by atoms with E-state index in [1.807, 2.05) is 43.3 Å². The molecule has 1 atom stereocenters. The Hall–Kier alpha value is -3.16. The van der Waals surface area contributed by atoms with Crippen LogP contribution in [0.2, 0.25) is 10.3 Å². The smallest absolute Gasteiger partial charge is 0.254 e. The minimum atomic E-state index is -0.243. The summed E-state index contributed by atoms with van der Waals surface area (Å²) < 4.78 is 5.23. The largest absolute Gasteiger partial charge is 0.497 e. The van der Waals surface area contributed by atoms with Crippen molar-refractivity contribution in [2.24, 2.45) is 0 Å². The molecule has 2 aromatic carbocycles. The Bertz CT molecular complexity index is 1200. The van der Waals surface area contributed by atoms with Crippen molar-refractivity contribution in [3.05, 3.63) is 75.7 Å². The van der Waals surface area contributed by atoms with Gasteiger partial charge in [0, 0.05) is 17.7 Å². The molecule has 2 heterocycles. The van der Waals surface area contributed by atoms with Crippen LogP contribution in [0, 0.1) is 0 Å². The monoisotopic (exact) mass is 470 g/mol. The minimum absolute atomic E-state index is 0.0444. The van der Waals surface area contributed by atoms with Gasteiger partial charge in [0.1, 0.15) is 12.3 Å². The highest BCUT2D eigenvalue weighted by Crippen LogP contribution is 2.31. The van der Waals surface area contributed by atoms with E-state index in [0.29, 0.717) is 28.4 Å². The van der Waals surface area contributed by atoms with E-state index in [1.54, 1.807) is 13.2 Å². The van der Waals surface area contributed by atoms with Gasteiger partial charge in [-0.3, -0.25) is 9.59 Å².